The van der Waals surface area contributed by atoms with E-state index in [1.54, 1.807) is 0 Å². The Labute approximate surface area is 178 Å². The van der Waals surface area contributed by atoms with E-state index in [0.29, 0.717) is 5.69 Å². The number of halogens is 3. The lowest BCUT2D eigenvalue weighted by atomic mass is 9.96. The first-order valence-corrected chi connectivity index (χ1v) is 9.99. The van der Waals surface area contributed by atoms with Gasteiger partial charge in [0.25, 0.3) is 5.91 Å². The van der Waals surface area contributed by atoms with Crippen LogP contribution in [-0.2, 0) is 0 Å². The van der Waals surface area contributed by atoms with Gasteiger partial charge in [0.05, 0.1) is 12.2 Å². The zero-order valence-corrected chi connectivity index (χ0v) is 17.4. The van der Waals surface area contributed by atoms with Crippen LogP contribution in [0.2, 0.25) is 0 Å². The average Bonchev–Trinajstić information content (AvgIpc) is 3.14. The number of nitrogens with one attached hydrogen (secondary N) is 2. The van der Waals surface area contributed by atoms with Gasteiger partial charge in [0.2, 0.25) is 0 Å². The third kappa shape index (κ3) is 4.15. The highest BCUT2D eigenvalue weighted by atomic mass is 19.4. The maximum Gasteiger partial charge on any atom is 0.410 e. The molecule has 2 N–H and O–H groups in total. The van der Waals surface area contributed by atoms with E-state index < -0.39 is 24.2 Å². The fourth-order valence-corrected chi connectivity index (χ4v) is 3.81. The molecule has 0 unspecified atom stereocenters. The van der Waals surface area contributed by atoms with Gasteiger partial charge in [0, 0.05) is 12.1 Å². The number of nitrogens with zero attached hydrogens (tertiary/aromatic N) is 2. The number of rotatable bonds is 3. The van der Waals surface area contributed by atoms with Gasteiger partial charge in [-0.05, 0) is 43.5 Å². The van der Waals surface area contributed by atoms with Crippen molar-refractivity contribution >= 4 is 17.4 Å². The Hall–Kier alpha value is -3.29. The minimum absolute atomic E-state index is 0.0713. The second-order valence-electron chi connectivity index (χ2n) is 8.02. The second-order valence-corrected chi connectivity index (χ2v) is 8.02. The number of hydrogen-bond acceptors (Lipinski definition) is 3. The van der Waals surface area contributed by atoms with Crippen LogP contribution in [0, 0.1) is 20.8 Å². The molecule has 0 radical (unpaired) electrons. The van der Waals surface area contributed by atoms with Crippen molar-refractivity contribution in [3.05, 3.63) is 76.5 Å². The maximum absolute atomic E-state index is 13.8. The summed E-state index contributed by atoms with van der Waals surface area (Å²) in [6.07, 6.45) is -3.51. The summed E-state index contributed by atoms with van der Waals surface area (Å²) in [7, 11) is 0. The minimum Gasteiger partial charge on any atom is -0.363 e. The molecular weight excluding hydrogens is 405 g/mol. The van der Waals surface area contributed by atoms with Gasteiger partial charge in [-0.15, -0.1) is 0 Å². The smallest absolute Gasteiger partial charge is 0.363 e. The lowest BCUT2D eigenvalue weighted by molar-refractivity contribution is -0.173. The third-order valence-corrected chi connectivity index (χ3v) is 5.60. The topological polar surface area (TPSA) is 59.0 Å². The summed E-state index contributed by atoms with van der Waals surface area (Å²) in [5.41, 5.74) is 4.26. The van der Waals surface area contributed by atoms with Crippen LogP contribution in [0.15, 0.2) is 48.7 Å². The van der Waals surface area contributed by atoms with E-state index in [-0.39, 0.29) is 17.8 Å². The van der Waals surface area contributed by atoms with Gasteiger partial charge >= 0.3 is 6.18 Å². The standard InChI is InChI=1S/C23H23F3N4O/c1-13-5-8-16(9-6-13)19-11-20(23(24,25)26)30-21(28-19)17(12-27-30)22(31)29-18-10-14(2)4-7-15(18)3/h4-10,12,19-20,28H,11H2,1-3H3,(H,29,31)/t19-,20+/m0/s1. The summed E-state index contributed by atoms with van der Waals surface area (Å²) < 4.78 is 42.4. The van der Waals surface area contributed by atoms with Gasteiger partial charge in [0.15, 0.2) is 6.04 Å². The largest absolute Gasteiger partial charge is 0.410 e. The first kappa shape index (κ1) is 21.0. The predicted octanol–water partition coefficient (Wildman–Crippen LogP) is 5.72. The van der Waals surface area contributed by atoms with E-state index >= 15 is 0 Å². The van der Waals surface area contributed by atoms with Crippen LogP contribution in [0.5, 0.6) is 0 Å². The molecule has 0 saturated heterocycles. The fraction of sp³-hybridized carbons (Fsp3) is 0.304. The molecule has 0 aliphatic carbocycles. The normalized spacial score (nSPS) is 18.3. The second kappa shape index (κ2) is 7.76. The first-order valence-electron chi connectivity index (χ1n) is 9.99. The van der Waals surface area contributed by atoms with E-state index in [4.69, 9.17) is 0 Å². The van der Waals surface area contributed by atoms with Crippen molar-refractivity contribution in [1.29, 1.82) is 0 Å². The number of aromatic nitrogens is 2. The average molecular weight is 428 g/mol. The van der Waals surface area contributed by atoms with Crippen LogP contribution in [-0.4, -0.2) is 21.9 Å². The Balaban J connectivity index is 1.70. The van der Waals surface area contributed by atoms with Crippen molar-refractivity contribution in [3.63, 3.8) is 0 Å². The molecule has 5 nitrogen and oxygen atoms in total. The SMILES string of the molecule is Cc1ccc([C@@H]2C[C@H](C(F)(F)F)n3ncc(C(=O)Nc4cc(C)ccc4C)c3N2)cc1. The van der Waals surface area contributed by atoms with Crippen LogP contribution in [0.4, 0.5) is 24.7 Å². The number of amides is 1. The molecule has 2 aromatic carbocycles. The number of anilines is 2. The molecular formula is C23H23F3N4O. The van der Waals surface area contributed by atoms with Gasteiger partial charge in [-0.25, -0.2) is 4.68 Å². The van der Waals surface area contributed by atoms with Gasteiger partial charge in [-0.2, -0.15) is 18.3 Å². The quantitative estimate of drug-likeness (QED) is 0.561. The fourth-order valence-electron chi connectivity index (χ4n) is 3.81. The summed E-state index contributed by atoms with van der Waals surface area (Å²) in [5, 5.41) is 9.84. The molecule has 31 heavy (non-hydrogen) atoms. The lowest BCUT2D eigenvalue weighted by Gasteiger charge is -2.34. The summed E-state index contributed by atoms with van der Waals surface area (Å²) in [5.74, 6) is -0.435. The summed E-state index contributed by atoms with van der Waals surface area (Å²) in [4.78, 5) is 13.0. The Bertz CT molecular complexity index is 1120. The Morgan fingerprint density at radius 2 is 1.77 bits per heavy atom. The number of hydrogen-bond donors (Lipinski definition) is 2. The van der Waals surface area contributed by atoms with Gasteiger partial charge in [0.1, 0.15) is 11.4 Å². The number of alkyl halides is 3. The van der Waals surface area contributed by atoms with Crippen molar-refractivity contribution in [2.75, 3.05) is 10.6 Å². The zero-order valence-electron chi connectivity index (χ0n) is 17.4. The summed E-state index contributed by atoms with van der Waals surface area (Å²) >= 11 is 0. The van der Waals surface area contributed by atoms with Gasteiger partial charge in [-0.1, -0.05) is 42.0 Å². The molecule has 0 bridgehead atoms. The lowest BCUT2D eigenvalue weighted by Crippen LogP contribution is -2.36. The molecule has 3 aromatic rings. The van der Waals surface area contributed by atoms with E-state index in [1.807, 2.05) is 63.2 Å². The summed E-state index contributed by atoms with van der Waals surface area (Å²) in [6.45, 7) is 5.67. The highest BCUT2D eigenvalue weighted by Crippen LogP contribution is 2.44. The molecule has 1 amide bonds. The Kier molecular flexibility index (Phi) is 5.24. The number of fused-ring (bicyclic) bond motifs is 1. The molecule has 0 fully saturated rings. The molecule has 4 rings (SSSR count). The van der Waals surface area contributed by atoms with Crippen LogP contribution in [0.1, 0.15) is 51.1 Å². The summed E-state index contributed by atoms with van der Waals surface area (Å²) in [6, 6.07) is 10.5. The van der Waals surface area contributed by atoms with Crippen molar-refractivity contribution < 1.29 is 18.0 Å². The van der Waals surface area contributed by atoms with Crippen molar-refractivity contribution in [3.8, 4) is 0 Å². The number of carbonyl (C=O) groups is 1. The molecule has 1 aliphatic rings. The molecule has 162 valence electrons. The molecule has 1 aliphatic heterocycles. The monoisotopic (exact) mass is 428 g/mol. The predicted molar refractivity (Wildman–Crippen MR) is 113 cm³/mol. The molecule has 2 atom stereocenters. The molecule has 2 heterocycles. The zero-order chi connectivity index (χ0) is 22.3. The van der Waals surface area contributed by atoms with Gasteiger partial charge < -0.3 is 10.6 Å². The molecule has 0 saturated carbocycles. The van der Waals surface area contributed by atoms with Crippen molar-refractivity contribution in [2.24, 2.45) is 0 Å². The van der Waals surface area contributed by atoms with E-state index in [9.17, 15) is 18.0 Å². The highest BCUT2D eigenvalue weighted by molar-refractivity contribution is 6.07. The maximum atomic E-state index is 13.8. The first-order chi connectivity index (χ1) is 14.6. The highest BCUT2D eigenvalue weighted by Gasteiger charge is 2.47. The van der Waals surface area contributed by atoms with Crippen LogP contribution >= 0.6 is 0 Å². The van der Waals surface area contributed by atoms with Crippen LogP contribution < -0.4 is 10.6 Å². The van der Waals surface area contributed by atoms with E-state index in [0.717, 1.165) is 26.9 Å². The Morgan fingerprint density at radius 3 is 2.45 bits per heavy atom. The number of benzene rings is 2. The van der Waals surface area contributed by atoms with Crippen LogP contribution in [0.25, 0.3) is 0 Å². The van der Waals surface area contributed by atoms with Crippen LogP contribution in [0.3, 0.4) is 0 Å². The van der Waals surface area contributed by atoms with Crippen molar-refractivity contribution in [2.45, 2.75) is 45.5 Å². The third-order valence-electron chi connectivity index (χ3n) is 5.60. The minimum atomic E-state index is -4.49. The number of aryl methyl sites for hydroxylation is 3. The van der Waals surface area contributed by atoms with E-state index in [1.165, 1.54) is 6.20 Å². The molecule has 8 heteroatoms. The molecule has 1 aromatic heterocycles. The van der Waals surface area contributed by atoms with Crippen molar-refractivity contribution in [1.82, 2.24) is 9.78 Å². The molecule has 0 spiro atoms. The van der Waals surface area contributed by atoms with E-state index in [2.05, 4.69) is 15.7 Å². The van der Waals surface area contributed by atoms with Gasteiger partial charge in [-0.3, -0.25) is 4.79 Å². The number of carbonyl (C=O) groups excluding carboxylic acids is 1. The Morgan fingerprint density at radius 1 is 1.10 bits per heavy atom.